The van der Waals surface area contributed by atoms with Crippen LogP contribution in [-0.4, -0.2) is 35.1 Å². The minimum Gasteiger partial charge on any atom is -0.302 e. The average molecular weight is 443 g/mol. The molecule has 0 spiro atoms. The Labute approximate surface area is 167 Å². The number of thiazole rings is 1. The number of nitrogens with one attached hydrogen (secondary N) is 2. The fraction of sp³-hybridized carbons (Fsp3) is 0.214. The maximum atomic E-state index is 12.1. The minimum atomic E-state index is -4.20. The summed E-state index contributed by atoms with van der Waals surface area (Å²) in [5.41, 5.74) is -0.299. The van der Waals surface area contributed by atoms with Gasteiger partial charge in [0.15, 0.2) is 5.13 Å². The molecule has 154 valence electrons. The van der Waals surface area contributed by atoms with Crippen LogP contribution in [0.25, 0.3) is 0 Å². The van der Waals surface area contributed by atoms with Crippen molar-refractivity contribution in [2.45, 2.75) is 24.2 Å². The van der Waals surface area contributed by atoms with Crippen LogP contribution in [0.5, 0.6) is 0 Å². The van der Waals surface area contributed by atoms with Crippen LogP contribution in [0.3, 0.4) is 0 Å². The fourth-order valence-corrected chi connectivity index (χ4v) is 3.67. The number of carbonyl (C=O) groups is 2. The van der Waals surface area contributed by atoms with Crippen molar-refractivity contribution in [1.29, 1.82) is 0 Å². The molecule has 0 radical (unpaired) electrons. The Kier molecular flexibility index (Phi) is 6.89. The van der Waals surface area contributed by atoms with Gasteiger partial charge >= 0.3 is 5.00 Å². The lowest BCUT2D eigenvalue weighted by atomic mass is 10.2. The van der Waals surface area contributed by atoms with Gasteiger partial charge in [0, 0.05) is 25.0 Å². The number of amides is 2. The van der Waals surface area contributed by atoms with Crippen molar-refractivity contribution >= 4 is 49.0 Å². The van der Waals surface area contributed by atoms with Crippen LogP contribution >= 0.6 is 11.3 Å². The summed E-state index contributed by atoms with van der Waals surface area (Å²) in [5, 5.41) is 23.3. The normalized spacial score (nSPS) is 10.9. The standard InChI is InChI=1S/C14H13N5O8S2/c20-11(16-14-15-8-13(28-14)19(24)25)2-1-3-12(21)17-29(26,27)10-6-4-9(5-7-10)18(22)23/h4-8H,1-3H2,(H,17,21)(H,15,16,20). The molecule has 0 bridgehead atoms. The number of hydrogen-bond acceptors (Lipinski definition) is 10. The summed E-state index contributed by atoms with van der Waals surface area (Å²) < 4.78 is 26.0. The highest BCUT2D eigenvalue weighted by atomic mass is 32.2. The molecule has 2 amide bonds. The van der Waals surface area contributed by atoms with Gasteiger partial charge in [0.1, 0.15) is 6.20 Å². The second-order valence-electron chi connectivity index (χ2n) is 5.44. The van der Waals surface area contributed by atoms with E-state index >= 15 is 0 Å². The summed E-state index contributed by atoms with van der Waals surface area (Å²) in [6.45, 7) is 0. The molecule has 0 fully saturated rings. The number of sulfonamides is 1. The molecule has 0 aliphatic heterocycles. The lowest BCUT2D eigenvalue weighted by Gasteiger charge is -2.07. The van der Waals surface area contributed by atoms with Crippen molar-refractivity contribution in [3.8, 4) is 0 Å². The van der Waals surface area contributed by atoms with Gasteiger partial charge in [0.05, 0.1) is 14.7 Å². The highest BCUT2D eigenvalue weighted by Crippen LogP contribution is 2.25. The molecule has 1 aromatic carbocycles. The van der Waals surface area contributed by atoms with E-state index in [1.54, 1.807) is 4.72 Å². The van der Waals surface area contributed by atoms with E-state index in [1.807, 2.05) is 0 Å². The smallest absolute Gasteiger partial charge is 0.302 e. The molecule has 0 aliphatic carbocycles. The van der Waals surface area contributed by atoms with E-state index in [-0.39, 0.29) is 40.0 Å². The van der Waals surface area contributed by atoms with E-state index in [0.29, 0.717) is 11.3 Å². The lowest BCUT2D eigenvalue weighted by molar-refractivity contribution is -0.384. The van der Waals surface area contributed by atoms with Crippen molar-refractivity contribution in [2.24, 2.45) is 0 Å². The van der Waals surface area contributed by atoms with Gasteiger partial charge in [-0.2, -0.15) is 0 Å². The molecule has 0 unspecified atom stereocenters. The second-order valence-corrected chi connectivity index (χ2v) is 8.13. The van der Waals surface area contributed by atoms with Crippen LogP contribution in [0.2, 0.25) is 0 Å². The molecule has 0 aliphatic rings. The minimum absolute atomic E-state index is 0.0148. The van der Waals surface area contributed by atoms with Gasteiger partial charge in [-0.3, -0.25) is 29.8 Å². The van der Waals surface area contributed by atoms with E-state index in [1.165, 1.54) is 0 Å². The zero-order chi connectivity index (χ0) is 21.6. The fourth-order valence-electron chi connectivity index (χ4n) is 2.01. The molecule has 1 heterocycles. The maximum Gasteiger partial charge on any atom is 0.345 e. The predicted molar refractivity (Wildman–Crippen MR) is 99.7 cm³/mol. The van der Waals surface area contributed by atoms with Crippen LogP contribution < -0.4 is 10.0 Å². The summed E-state index contributed by atoms with van der Waals surface area (Å²) in [5.74, 6) is -1.40. The molecule has 2 aromatic rings. The number of aromatic nitrogens is 1. The summed E-state index contributed by atoms with van der Waals surface area (Å²) in [7, 11) is -4.20. The topological polar surface area (TPSA) is 192 Å². The number of carbonyl (C=O) groups excluding carboxylic acids is 2. The number of nitro groups is 2. The number of nitro benzene ring substituents is 1. The average Bonchev–Trinajstić information content (AvgIpc) is 3.10. The summed E-state index contributed by atoms with van der Waals surface area (Å²) in [6, 6.07) is 3.97. The number of non-ortho nitro benzene ring substituents is 1. The van der Waals surface area contributed by atoms with Crippen LogP contribution in [-0.2, 0) is 19.6 Å². The Bertz CT molecular complexity index is 1050. The molecule has 2 rings (SSSR count). The SMILES string of the molecule is O=C(CCCC(=O)NS(=O)(=O)c1ccc([N+](=O)[O-])cc1)Nc1ncc([N+](=O)[O-])s1. The number of nitrogens with zero attached hydrogens (tertiary/aromatic N) is 3. The largest absolute Gasteiger partial charge is 0.345 e. The molecular weight excluding hydrogens is 430 g/mol. The Balaban J connectivity index is 1.81. The Hall–Kier alpha value is -3.46. The quantitative estimate of drug-likeness (QED) is 0.427. The summed E-state index contributed by atoms with van der Waals surface area (Å²) >= 11 is 0.674. The first-order chi connectivity index (χ1) is 13.6. The van der Waals surface area contributed by atoms with Crippen molar-refractivity contribution in [2.75, 3.05) is 5.32 Å². The molecule has 15 heteroatoms. The van der Waals surface area contributed by atoms with E-state index < -0.39 is 31.7 Å². The first kappa shape index (κ1) is 21.8. The number of hydrogen-bond donors (Lipinski definition) is 2. The molecular formula is C14H13N5O8S2. The highest BCUT2D eigenvalue weighted by Gasteiger charge is 2.19. The van der Waals surface area contributed by atoms with Crippen molar-refractivity contribution < 1.29 is 27.9 Å². The molecule has 0 saturated heterocycles. The van der Waals surface area contributed by atoms with Gasteiger partial charge in [-0.05, 0) is 29.9 Å². The lowest BCUT2D eigenvalue weighted by Crippen LogP contribution is -2.30. The van der Waals surface area contributed by atoms with E-state index in [0.717, 1.165) is 30.5 Å². The number of benzene rings is 1. The molecule has 0 atom stereocenters. The first-order valence-corrected chi connectivity index (χ1v) is 10.1. The highest BCUT2D eigenvalue weighted by molar-refractivity contribution is 7.90. The van der Waals surface area contributed by atoms with Crippen LogP contribution in [0, 0.1) is 20.2 Å². The molecule has 13 nitrogen and oxygen atoms in total. The van der Waals surface area contributed by atoms with Gasteiger partial charge in [0.25, 0.3) is 15.7 Å². The first-order valence-electron chi connectivity index (χ1n) is 7.78. The van der Waals surface area contributed by atoms with Crippen molar-refractivity contribution in [3.63, 3.8) is 0 Å². The molecule has 2 N–H and O–H groups in total. The molecule has 1 aromatic heterocycles. The second kappa shape index (κ2) is 9.16. The third kappa shape index (κ3) is 6.28. The van der Waals surface area contributed by atoms with E-state index in [9.17, 15) is 38.2 Å². The zero-order valence-corrected chi connectivity index (χ0v) is 16.1. The van der Waals surface area contributed by atoms with Crippen LogP contribution in [0.1, 0.15) is 19.3 Å². The van der Waals surface area contributed by atoms with Crippen molar-refractivity contribution in [1.82, 2.24) is 9.71 Å². The van der Waals surface area contributed by atoms with Gasteiger partial charge in [-0.25, -0.2) is 18.1 Å². The van der Waals surface area contributed by atoms with Gasteiger partial charge < -0.3 is 5.32 Å². The third-order valence-corrected chi connectivity index (χ3v) is 5.59. The molecule has 0 saturated carbocycles. The van der Waals surface area contributed by atoms with E-state index in [2.05, 4.69) is 10.3 Å². The van der Waals surface area contributed by atoms with Gasteiger partial charge in [-0.15, -0.1) is 0 Å². The van der Waals surface area contributed by atoms with Gasteiger partial charge in [-0.1, -0.05) is 0 Å². The summed E-state index contributed by atoms with van der Waals surface area (Å²) in [6.07, 6.45) is 0.591. The predicted octanol–water partition coefficient (Wildman–Crippen LogP) is 1.57. The number of anilines is 1. The Morgan fingerprint density at radius 3 is 2.21 bits per heavy atom. The zero-order valence-electron chi connectivity index (χ0n) is 14.4. The monoisotopic (exact) mass is 443 g/mol. The van der Waals surface area contributed by atoms with Crippen molar-refractivity contribution in [3.05, 3.63) is 50.7 Å². The van der Waals surface area contributed by atoms with E-state index in [4.69, 9.17) is 0 Å². The van der Waals surface area contributed by atoms with Crippen LogP contribution in [0.4, 0.5) is 15.8 Å². The Morgan fingerprint density at radius 2 is 1.66 bits per heavy atom. The Morgan fingerprint density at radius 1 is 1.03 bits per heavy atom. The maximum absolute atomic E-state index is 12.1. The summed E-state index contributed by atoms with van der Waals surface area (Å²) in [4.78, 5) is 46.7. The van der Waals surface area contributed by atoms with Gasteiger partial charge in [0.2, 0.25) is 11.8 Å². The third-order valence-electron chi connectivity index (χ3n) is 3.33. The van der Waals surface area contributed by atoms with Crippen LogP contribution in [0.15, 0.2) is 35.4 Å². The molecule has 29 heavy (non-hydrogen) atoms. The number of rotatable bonds is 9.